The smallest absolute Gasteiger partial charge is 0.247 e. The minimum absolute atomic E-state index is 0.0867. The Kier molecular flexibility index (Phi) is 4.83. The van der Waals surface area contributed by atoms with E-state index in [2.05, 4.69) is 5.32 Å². The van der Waals surface area contributed by atoms with Crippen molar-refractivity contribution in [1.29, 1.82) is 0 Å². The number of hydrogen-bond donors (Lipinski definition) is 2. The quantitative estimate of drug-likeness (QED) is 0.818. The van der Waals surface area contributed by atoms with Crippen molar-refractivity contribution in [3.05, 3.63) is 35.4 Å². The van der Waals surface area contributed by atoms with Gasteiger partial charge in [0.05, 0.1) is 9.92 Å². The van der Waals surface area contributed by atoms with Crippen molar-refractivity contribution in [2.24, 2.45) is 5.14 Å². The van der Waals surface area contributed by atoms with Crippen LogP contribution in [0, 0.1) is 0 Å². The van der Waals surface area contributed by atoms with Gasteiger partial charge in [-0.1, -0.05) is 11.6 Å². The molecular formula is C12H11ClN2O5S3. The van der Waals surface area contributed by atoms with E-state index in [1.165, 1.54) is 31.2 Å². The number of rotatable bonds is 4. The third-order valence-corrected chi connectivity index (χ3v) is 8.02. The first kappa shape index (κ1) is 17.9. The summed E-state index contributed by atoms with van der Waals surface area (Å²) in [4.78, 5) is 10.9. The van der Waals surface area contributed by atoms with Gasteiger partial charge in [-0.3, -0.25) is 4.79 Å². The summed E-state index contributed by atoms with van der Waals surface area (Å²) in [6, 6.07) is 6.40. The maximum atomic E-state index is 12.5. The Hall–Kier alpha value is -1.46. The zero-order valence-corrected chi connectivity index (χ0v) is 14.8. The molecule has 2 rings (SSSR count). The Morgan fingerprint density at radius 2 is 1.74 bits per heavy atom. The number of anilines is 1. The minimum atomic E-state index is -4.05. The first-order valence-electron chi connectivity index (χ1n) is 5.96. The molecule has 1 aromatic carbocycles. The molecule has 0 fully saturated rings. The first-order chi connectivity index (χ1) is 10.5. The van der Waals surface area contributed by atoms with Gasteiger partial charge in [-0.2, -0.15) is 0 Å². The Balaban J connectivity index is 2.47. The summed E-state index contributed by atoms with van der Waals surface area (Å²) >= 11 is 6.32. The number of thiophene rings is 1. The molecule has 0 saturated heterocycles. The van der Waals surface area contributed by atoms with E-state index in [1.807, 2.05) is 0 Å². The summed E-state index contributed by atoms with van der Waals surface area (Å²) < 4.78 is 47.0. The summed E-state index contributed by atoms with van der Waals surface area (Å²) in [5.41, 5.74) is 0.430. The maximum Gasteiger partial charge on any atom is 0.247 e. The lowest BCUT2D eigenvalue weighted by Crippen LogP contribution is -2.10. The normalized spacial score (nSPS) is 12.1. The Morgan fingerprint density at radius 1 is 1.17 bits per heavy atom. The highest BCUT2D eigenvalue weighted by atomic mass is 35.5. The van der Waals surface area contributed by atoms with E-state index in [9.17, 15) is 21.6 Å². The molecule has 0 aliphatic heterocycles. The highest BCUT2D eigenvalue weighted by molar-refractivity contribution is 7.95. The molecule has 1 heterocycles. The monoisotopic (exact) mass is 394 g/mol. The molecule has 23 heavy (non-hydrogen) atoms. The lowest BCUT2D eigenvalue weighted by molar-refractivity contribution is -0.114. The average Bonchev–Trinajstić information content (AvgIpc) is 2.81. The third kappa shape index (κ3) is 3.90. The molecule has 0 aliphatic carbocycles. The Labute approximate surface area is 142 Å². The molecule has 0 unspecified atom stereocenters. The van der Waals surface area contributed by atoms with E-state index in [-0.39, 0.29) is 24.2 Å². The SMILES string of the molecule is CC(=O)Nc1ccc(S(=O)(=O)c2sc(S(N)(=O)=O)cc2Cl)cc1. The summed E-state index contributed by atoms with van der Waals surface area (Å²) in [5.74, 6) is -0.292. The van der Waals surface area contributed by atoms with Crippen LogP contribution in [0.5, 0.6) is 0 Å². The van der Waals surface area contributed by atoms with Gasteiger partial charge in [-0.05, 0) is 30.3 Å². The van der Waals surface area contributed by atoms with Crippen molar-refractivity contribution in [1.82, 2.24) is 0 Å². The molecule has 0 spiro atoms. The zero-order valence-electron chi connectivity index (χ0n) is 11.6. The summed E-state index contributed by atoms with van der Waals surface area (Å²) in [6.45, 7) is 1.32. The van der Waals surface area contributed by atoms with Crippen LogP contribution in [0.1, 0.15) is 6.92 Å². The van der Waals surface area contributed by atoms with Gasteiger partial charge < -0.3 is 5.32 Å². The van der Waals surface area contributed by atoms with Crippen LogP contribution >= 0.6 is 22.9 Å². The van der Waals surface area contributed by atoms with Crippen LogP contribution in [-0.2, 0) is 24.7 Å². The number of hydrogen-bond acceptors (Lipinski definition) is 6. The predicted octanol–water partition coefficient (Wildman–Crippen LogP) is 1.84. The number of nitrogens with one attached hydrogen (secondary N) is 1. The van der Waals surface area contributed by atoms with E-state index < -0.39 is 19.9 Å². The third-order valence-electron chi connectivity index (χ3n) is 2.64. The van der Waals surface area contributed by atoms with Gasteiger partial charge in [-0.15, -0.1) is 11.3 Å². The number of halogens is 1. The van der Waals surface area contributed by atoms with Crippen LogP contribution in [0.2, 0.25) is 5.02 Å². The summed E-state index contributed by atoms with van der Waals surface area (Å²) in [5, 5.41) is 7.26. The van der Waals surface area contributed by atoms with Crippen LogP contribution in [0.4, 0.5) is 5.69 Å². The van der Waals surface area contributed by atoms with Crippen molar-refractivity contribution >= 4 is 54.4 Å². The first-order valence-corrected chi connectivity index (χ1v) is 10.2. The van der Waals surface area contributed by atoms with Crippen molar-refractivity contribution in [2.75, 3.05) is 5.32 Å². The number of amides is 1. The second-order valence-corrected chi connectivity index (χ2v) is 9.85. The number of sulfonamides is 1. The number of carbonyl (C=O) groups is 1. The molecular weight excluding hydrogens is 384 g/mol. The molecule has 0 radical (unpaired) electrons. The number of benzene rings is 1. The van der Waals surface area contributed by atoms with Gasteiger partial charge in [0.25, 0.3) is 0 Å². The van der Waals surface area contributed by atoms with Crippen LogP contribution in [0.25, 0.3) is 0 Å². The highest BCUT2D eigenvalue weighted by Crippen LogP contribution is 2.37. The Bertz CT molecular complexity index is 963. The second kappa shape index (κ2) is 6.21. The number of nitrogens with two attached hydrogens (primary N) is 1. The molecule has 0 bridgehead atoms. The van der Waals surface area contributed by atoms with Gasteiger partial charge in [0.15, 0.2) is 0 Å². The molecule has 0 aliphatic rings. The fourth-order valence-corrected chi connectivity index (χ4v) is 6.03. The van der Waals surface area contributed by atoms with Crippen LogP contribution in [0.3, 0.4) is 0 Å². The van der Waals surface area contributed by atoms with Crippen molar-refractivity contribution in [2.45, 2.75) is 20.2 Å². The van der Waals surface area contributed by atoms with Crippen molar-refractivity contribution in [3.8, 4) is 0 Å². The fraction of sp³-hybridized carbons (Fsp3) is 0.0833. The molecule has 124 valence electrons. The molecule has 2 aromatic rings. The maximum absolute atomic E-state index is 12.5. The molecule has 7 nitrogen and oxygen atoms in total. The standard InChI is InChI=1S/C12H11ClN2O5S3/c1-7(16)15-8-2-4-9(5-3-8)22(17,18)12-10(13)6-11(21-12)23(14,19)20/h2-6H,1H3,(H,15,16)(H2,14,19,20). The van der Waals surface area contributed by atoms with Crippen molar-refractivity contribution in [3.63, 3.8) is 0 Å². The molecule has 1 amide bonds. The van der Waals surface area contributed by atoms with Gasteiger partial charge in [0, 0.05) is 12.6 Å². The van der Waals surface area contributed by atoms with Crippen molar-refractivity contribution < 1.29 is 21.6 Å². The van der Waals surface area contributed by atoms with E-state index in [4.69, 9.17) is 16.7 Å². The van der Waals surface area contributed by atoms with Gasteiger partial charge in [0.2, 0.25) is 25.8 Å². The van der Waals surface area contributed by atoms with E-state index in [0.29, 0.717) is 17.0 Å². The summed E-state index contributed by atoms with van der Waals surface area (Å²) in [6.07, 6.45) is 0. The average molecular weight is 395 g/mol. The summed E-state index contributed by atoms with van der Waals surface area (Å²) in [7, 11) is -8.05. The Morgan fingerprint density at radius 3 is 2.17 bits per heavy atom. The molecule has 3 N–H and O–H groups in total. The molecule has 0 saturated carbocycles. The number of carbonyl (C=O) groups excluding carboxylic acids is 1. The van der Waals surface area contributed by atoms with Crippen LogP contribution < -0.4 is 10.5 Å². The number of primary sulfonamides is 1. The number of sulfone groups is 1. The highest BCUT2D eigenvalue weighted by Gasteiger charge is 2.26. The van der Waals surface area contributed by atoms with E-state index in [1.54, 1.807) is 0 Å². The van der Waals surface area contributed by atoms with Gasteiger partial charge in [0.1, 0.15) is 8.42 Å². The van der Waals surface area contributed by atoms with E-state index in [0.717, 1.165) is 6.07 Å². The predicted molar refractivity (Wildman–Crippen MR) is 86.9 cm³/mol. The van der Waals surface area contributed by atoms with Crippen LogP contribution in [-0.4, -0.2) is 22.7 Å². The lowest BCUT2D eigenvalue weighted by atomic mass is 10.3. The van der Waals surface area contributed by atoms with Gasteiger partial charge in [-0.25, -0.2) is 22.0 Å². The zero-order chi connectivity index (χ0) is 17.4. The second-order valence-electron chi connectivity index (χ2n) is 4.45. The molecule has 0 atom stereocenters. The minimum Gasteiger partial charge on any atom is -0.326 e. The molecule has 1 aromatic heterocycles. The fourth-order valence-electron chi connectivity index (χ4n) is 1.68. The van der Waals surface area contributed by atoms with E-state index >= 15 is 0 Å². The molecule has 11 heteroatoms. The van der Waals surface area contributed by atoms with Crippen LogP contribution in [0.15, 0.2) is 43.6 Å². The largest absolute Gasteiger partial charge is 0.326 e. The van der Waals surface area contributed by atoms with Gasteiger partial charge >= 0.3 is 0 Å². The topological polar surface area (TPSA) is 123 Å². The lowest BCUT2D eigenvalue weighted by Gasteiger charge is -2.05.